The first-order chi connectivity index (χ1) is 12.2. The number of likely N-dealkylation sites (tertiary alicyclic amines) is 1. The van der Waals surface area contributed by atoms with Crippen molar-refractivity contribution in [2.45, 2.75) is 38.6 Å². The molecule has 0 saturated carbocycles. The van der Waals surface area contributed by atoms with Gasteiger partial charge in [-0.25, -0.2) is 0 Å². The summed E-state index contributed by atoms with van der Waals surface area (Å²) in [7, 11) is 0. The lowest BCUT2D eigenvalue weighted by atomic mass is 9.75. The highest BCUT2D eigenvalue weighted by molar-refractivity contribution is 5.75. The van der Waals surface area contributed by atoms with E-state index in [0.717, 1.165) is 45.2 Å². The third-order valence-electron chi connectivity index (χ3n) is 5.23. The molecule has 1 unspecified atom stereocenters. The van der Waals surface area contributed by atoms with E-state index in [-0.39, 0.29) is 0 Å². The van der Waals surface area contributed by atoms with E-state index < -0.39 is 11.4 Å². The first-order valence-electron chi connectivity index (χ1n) is 9.07. The molecule has 1 atom stereocenters. The van der Waals surface area contributed by atoms with Crippen LogP contribution in [-0.2, 0) is 17.8 Å². The summed E-state index contributed by atoms with van der Waals surface area (Å²) >= 11 is 0. The summed E-state index contributed by atoms with van der Waals surface area (Å²) in [4.78, 5) is 18.4. The number of benzene rings is 1. The van der Waals surface area contributed by atoms with Crippen molar-refractivity contribution in [2.75, 3.05) is 13.1 Å². The number of carboxylic acid groups (broad SMARTS) is 1. The number of hydrogen-bond donors (Lipinski definition) is 1. The maximum Gasteiger partial charge on any atom is 0.310 e. The highest BCUT2D eigenvalue weighted by Crippen LogP contribution is 2.36. The predicted octanol–water partition coefficient (Wildman–Crippen LogP) is 3.77. The van der Waals surface area contributed by atoms with Crippen LogP contribution in [0.3, 0.4) is 0 Å². The van der Waals surface area contributed by atoms with Crippen molar-refractivity contribution in [3.8, 4) is 0 Å². The van der Waals surface area contributed by atoms with Crippen molar-refractivity contribution < 1.29 is 9.90 Å². The van der Waals surface area contributed by atoms with E-state index in [4.69, 9.17) is 0 Å². The van der Waals surface area contributed by atoms with Gasteiger partial charge in [0.1, 0.15) is 0 Å². The van der Waals surface area contributed by atoms with E-state index in [1.807, 2.05) is 30.3 Å². The summed E-state index contributed by atoms with van der Waals surface area (Å²) < 4.78 is 0. The normalized spacial score (nSPS) is 21.1. The molecule has 4 heteroatoms. The highest BCUT2D eigenvalue weighted by atomic mass is 16.4. The van der Waals surface area contributed by atoms with Gasteiger partial charge in [-0.2, -0.15) is 0 Å². The molecule has 2 heterocycles. The molecule has 1 saturated heterocycles. The zero-order valence-electron chi connectivity index (χ0n) is 14.6. The number of hydrogen-bond acceptors (Lipinski definition) is 3. The standard InChI is InChI=1S/C21H26N2O2/c24-20(25)21(11-4-8-18-6-2-1-3-7-18)12-5-15-23(17-21)16-19-9-13-22-14-10-19/h1-3,6-7,9-10,13-14H,4-5,8,11-12,15-17H2,(H,24,25). The number of carbonyl (C=O) groups is 1. The van der Waals surface area contributed by atoms with Gasteiger partial charge in [-0.15, -0.1) is 0 Å². The van der Waals surface area contributed by atoms with Crippen LogP contribution in [0.25, 0.3) is 0 Å². The van der Waals surface area contributed by atoms with Crippen molar-refractivity contribution in [3.05, 3.63) is 66.0 Å². The summed E-state index contributed by atoms with van der Waals surface area (Å²) in [5.41, 5.74) is 1.87. The van der Waals surface area contributed by atoms with Gasteiger partial charge in [0, 0.05) is 25.5 Å². The second-order valence-electron chi connectivity index (χ2n) is 7.09. The minimum Gasteiger partial charge on any atom is -0.481 e. The molecule has 0 amide bonds. The monoisotopic (exact) mass is 338 g/mol. The first kappa shape index (κ1) is 17.6. The number of aliphatic carboxylic acids is 1. The van der Waals surface area contributed by atoms with Gasteiger partial charge in [-0.05, 0) is 61.9 Å². The predicted molar refractivity (Wildman–Crippen MR) is 98.2 cm³/mol. The van der Waals surface area contributed by atoms with Crippen LogP contribution >= 0.6 is 0 Å². The van der Waals surface area contributed by atoms with Gasteiger partial charge in [0.15, 0.2) is 0 Å². The number of rotatable bonds is 7. The number of carboxylic acids is 1. The van der Waals surface area contributed by atoms with Gasteiger partial charge in [-0.3, -0.25) is 14.7 Å². The Morgan fingerprint density at radius 1 is 1.12 bits per heavy atom. The van der Waals surface area contributed by atoms with Crippen LogP contribution in [0.15, 0.2) is 54.9 Å². The largest absolute Gasteiger partial charge is 0.481 e. The quantitative estimate of drug-likeness (QED) is 0.835. The topological polar surface area (TPSA) is 53.4 Å². The van der Waals surface area contributed by atoms with Crippen LogP contribution in [0, 0.1) is 5.41 Å². The lowest BCUT2D eigenvalue weighted by Crippen LogP contribution is -2.47. The van der Waals surface area contributed by atoms with Gasteiger partial charge in [0.25, 0.3) is 0 Å². The van der Waals surface area contributed by atoms with E-state index in [2.05, 4.69) is 22.0 Å². The van der Waals surface area contributed by atoms with E-state index in [9.17, 15) is 9.90 Å². The minimum absolute atomic E-state index is 0.611. The van der Waals surface area contributed by atoms with Crippen LogP contribution < -0.4 is 0 Å². The fourth-order valence-electron chi connectivity index (χ4n) is 3.87. The average Bonchev–Trinajstić information content (AvgIpc) is 2.64. The molecule has 132 valence electrons. The van der Waals surface area contributed by atoms with E-state index >= 15 is 0 Å². The van der Waals surface area contributed by atoms with Crippen LogP contribution in [0.2, 0.25) is 0 Å². The van der Waals surface area contributed by atoms with Gasteiger partial charge >= 0.3 is 5.97 Å². The first-order valence-corrected chi connectivity index (χ1v) is 9.07. The lowest BCUT2D eigenvalue weighted by Gasteiger charge is -2.40. The molecule has 1 aliphatic rings. The Labute approximate surface area is 149 Å². The van der Waals surface area contributed by atoms with Crippen LogP contribution in [0.1, 0.15) is 36.8 Å². The van der Waals surface area contributed by atoms with Gasteiger partial charge in [0.05, 0.1) is 5.41 Å². The number of pyridine rings is 1. The van der Waals surface area contributed by atoms with Crippen molar-refractivity contribution in [1.29, 1.82) is 0 Å². The Kier molecular flexibility index (Phi) is 5.82. The molecule has 0 radical (unpaired) electrons. The Balaban J connectivity index is 1.61. The molecular formula is C21H26N2O2. The smallest absolute Gasteiger partial charge is 0.310 e. The Morgan fingerprint density at radius 2 is 1.88 bits per heavy atom. The molecule has 1 fully saturated rings. The summed E-state index contributed by atoms with van der Waals surface area (Å²) in [6.07, 6.45) is 7.92. The molecule has 1 aliphatic heterocycles. The Bertz CT molecular complexity index is 675. The fourth-order valence-corrected chi connectivity index (χ4v) is 3.87. The van der Waals surface area contributed by atoms with Crippen molar-refractivity contribution in [1.82, 2.24) is 9.88 Å². The summed E-state index contributed by atoms with van der Waals surface area (Å²) in [6.45, 7) is 2.41. The zero-order valence-corrected chi connectivity index (χ0v) is 14.6. The van der Waals surface area contributed by atoms with Crippen molar-refractivity contribution in [2.24, 2.45) is 5.41 Å². The molecule has 1 N–H and O–H groups in total. The van der Waals surface area contributed by atoms with Crippen LogP contribution in [-0.4, -0.2) is 34.0 Å². The second kappa shape index (κ2) is 8.26. The molecule has 0 aliphatic carbocycles. The maximum atomic E-state index is 12.1. The Hall–Kier alpha value is -2.20. The molecule has 2 aromatic rings. The summed E-state index contributed by atoms with van der Waals surface area (Å²) in [6, 6.07) is 14.3. The highest BCUT2D eigenvalue weighted by Gasteiger charge is 2.41. The van der Waals surface area contributed by atoms with Gasteiger partial charge < -0.3 is 5.11 Å². The lowest BCUT2D eigenvalue weighted by molar-refractivity contribution is -0.153. The van der Waals surface area contributed by atoms with Gasteiger partial charge in [-0.1, -0.05) is 30.3 Å². The number of nitrogens with zero attached hydrogens (tertiary/aromatic N) is 2. The third-order valence-corrected chi connectivity index (χ3v) is 5.23. The van der Waals surface area contributed by atoms with Crippen LogP contribution in [0.5, 0.6) is 0 Å². The summed E-state index contributed by atoms with van der Waals surface area (Å²) in [5.74, 6) is -0.639. The molecule has 1 aromatic carbocycles. The Morgan fingerprint density at radius 3 is 2.60 bits per heavy atom. The second-order valence-corrected chi connectivity index (χ2v) is 7.09. The average molecular weight is 338 g/mol. The van der Waals surface area contributed by atoms with Crippen molar-refractivity contribution in [3.63, 3.8) is 0 Å². The molecule has 0 bridgehead atoms. The molecule has 3 rings (SSSR count). The fraction of sp³-hybridized carbons (Fsp3) is 0.429. The molecule has 25 heavy (non-hydrogen) atoms. The van der Waals surface area contributed by atoms with Crippen molar-refractivity contribution >= 4 is 5.97 Å². The molecular weight excluding hydrogens is 312 g/mol. The number of aromatic nitrogens is 1. The molecule has 1 aromatic heterocycles. The molecule has 0 spiro atoms. The number of aryl methyl sites for hydroxylation is 1. The molecule has 4 nitrogen and oxygen atoms in total. The zero-order chi connectivity index (χ0) is 17.5. The maximum absolute atomic E-state index is 12.1. The minimum atomic E-state index is -0.639. The van der Waals surface area contributed by atoms with E-state index in [1.165, 1.54) is 11.1 Å². The summed E-state index contributed by atoms with van der Waals surface area (Å²) in [5, 5.41) is 9.93. The van der Waals surface area contributed by atoms with Crippen LogP contribution in [0.4, 0.5) is 0 Å². The number of piperidine rings is 1. The van der Waals surface area contributed by atoms with E-state index in [1.54, 1.807) is 12.4 Å². The SMILES string of the molecule is O=C(O)C1(CCCc2ccccc2)CCCN(Cc2ccncc2)C1. The third kappa shape index (κ3) is 4.67. The van der Waals surface area contributed by atoms with E-state index in [0.29, 0.717) is 6.54 Å². The van der Waals surface area contributed by atoms with Gasteiger partial charge in [0.2, 0.25) is 0 Å².